The van der Waals surface area contributed by atoms with Crippen molar-refractivity contribution in [3.63, 3.8) is 0 Å². The van der Waals surface area contributed by atoms with Gasteiger partial charge in [-0.15, -0.1) is 0 Å². The normalized spacial score (nSPS) is 12.6. The van der Waals surface area contributed by atoms with Gasteiger partial charge in [0.25, 0.3) is 5.91 Å². The number of benzene rings is 2. The molecule has 28 heavy (non-hydrogen) atoms. The fourth-order valence-corrected chi connectivity index (χ4v) is 3.49. The van der Waals surface area contributed by atoms with Gasteiger partial charge in [-0.25, -0.2) is 4.79 Å². The molecule has 1 heterocycles. The van der Waals surface area contributed by atoms with Crippen molar-refractivity contribution in [2.45, 2.75) is 26.2 Å². The largest absolute Gasteiger partial charge is 0.484 e. The average molecular weight is 377 g/mol. The molecule has 0 atom stereocenters. The Morgan fingerprint density at radius 1 is 1.07 bits per heavy atom. The molecule has 3 aromatic rings. The lowest BCUT2D eigenvalue weighted by molar-refractivity contribution is -0.118. The van der Waals surface area contributed by atoms with Crippen molar-refractivity contribution in [2.24, 2.45) is 0 Å². The highest BCUT2D eigenvalue weighted by molar-refractivity contribution is 5.96. The van der Waals surface area contributed by atoms with E-state index in [4.69, 9.17) is 9.15 Å². The maximum atomic E-state index is 12.1. The summed E-state index contributed by atoms with van der Waals surface area (Å²) in [6, 6.07) is 11.9. The molecule has 4 rings (SSSR count). The van der Waals surface area contributed by atoms with Gasteiger partial charge in [0.2, 0.25) is 0 Å². The molecule has 0 saturated heterocycles. The van der Waals surface area contributed by atoms with Gasteiger partial charge >= 0.3 is 5.63 Å². The number of carbonyl (C=O) groups excluding carboxylic acids is 2. The molecule has 0 bridgehead atoms. The van der Waals surface area contributed by atoms with E-state index in [1.54, 1.807) is 36.4 Å². The Morgan fingerprint density at radius 3 is 2.57 bits per heavy atom. The van der Waals surface area contributed by atoms with Crippen molar-refractivity contribution in [1.82, 2.24) is 0 Å². The SMILES string of the molecule is CC(=O)c1ccc(NC(=O)COc2ccc3c4c(c(=O)oc3c2)CCC4)cc1. The summed E-state index contributed by atoms with van der Waals surface area (Å²) in [4.78, 5) is 35.5. The molecule has 2 aromatic carbocycles. The van der Waals surface area contributed by atoms with Crippen LogP contribution in [-0.2, 0) is 17.6 Å². The Labute approximate surface area is 161 Å². The molecule has 1 amide bonds. The van der Waals surface area contributed by atoms with Gasteiger partial charge in [0.1, 0.15) is 11.3 Å². The molecule has 0 aliphatic heterocycles. The van der Waals surface area contributed by atoms with Gasteiger partial charge in [-0.1, -0.05) is 0 Å². The van der Waals surface area contributed by atoms with E-state index in [0.29, 0.717) is 22.6 Å². The zero-order valence-electron chi connectivity index (χ0n) is 15.4. The first-order valence-corrected chi connectivity index (χ1v) is 9.13. The second-order valence-electron chi connectivity index (χ2n) is 6.83. The summed E-state index contributed by atoms with van der Waals surface area (Å²) in [6.07, 6.45) is 2.60. The summed E-state index contributed by atoms with van der Waals surface area (Å²) in [5.74, 6) is 0.0940. The van der Waals surface area contributed by atoms with Crippen LogP contribution in [0.15, 0.2) is 51.7 Å². The lowest BCUT2D eigenvalue weighted by atomic mass is 10.1. The van der Waals surface area contributed by atoms with E-state index in [-0.39, 0.29) is 23.9 Å². The zero-order valence-corrected chi connectivity index (χ0v) is 15.4. The maximum absolute atomic E-state index is 12.1. The number of Topliss-reactive ketones (excluding diaryl/α,β-unsaturated/α-hetero) is 1. The topological polar surface area (TPSA) is 85.6 Å². The minimum absolute atomic E-state index is 0.0326. The molecule has 1 aliphatic carbocycles. The number of anilines is 1. The molecule has 0 spiro atoms. The number of nitrogens with one attached hydrogen (secondary N) is 1. The molecule has 0 unspecified atom stereocenters. The van der Waals surface area contributed by atoms with Crippen molar-refractivity contribution >= 4 is 28.3 Å². The smallest absolute Gasteiger partial charge is 0.339 e. The van der Waals surface area contributed by atoms with Gasteiger partial charge in [0.05, 0.1) is 0 Å². The van der Waals surface area contributed by atoms with Gasteiger partial charge in [-0.05, 0) is 68.1 Å². The zero-order chi connectivity index (χ0) is 19.7. The van der Waals surface area contributed by atoms with Crippen molar-refractivity contribution in [2.75, 3.05) is 11.9 Å². The van der Waals surface area contributed by atoms with Crippen LogP contribution in [0.25, 0.3) is 11.0 Å². The molecular weight excluding hydrogens is 358 g/mol. The van der Waals surface area contributed by atoms with E-state index in [1.165, 1.54) is 6.92 Å². The van der Waals surface area contributed by atoms with Crippen LogP contribution in [0, 0.1) is 0 Å². The third-order valence-electron chi connectivity index (χ3n) is 4.89. The summed E-state index contributed by atoms with van der Waals surface area (Å²) in [7, 11) is 0. The lowest BCUT2D eigenvalue weighted by Crippen LogP contribution is -2.20. The summed E-state index contributed by atoms with van der Waals surface area (Å²) in [6.45, 7) is 1.30. The van der Waals surface area contributed by atoms with Crippen LogP contribution in [-0.4, -0.2) is 18.3 Å². The number of ether oxygens (including phenoxy) is 1. The molecule has 6 heteroatoms. The molecule has 142 valence electrons. The van der Waals surface area contributed by atoms with Gasteiger partial charge < -0.3 is 14.5 Å². The van der Waals surface area contributed by atoms with Crippen molar-refractivity contribution in [1.29, 1.82) is 0 Å². The Kier molecular flexibility index (Phi) is 4.69. The van der Waals surface area contributed by atoms with Gasteiger partial charge in [-0.3, -0.25) is 9.59 Å². The van der Waals surface area contributed by atoms with E-state index in [2.05, 4.69) is 5.32 Å². The first-order chi connectivity index (χ1) is 13.5. The van der Waals surface area contributed by atoms with E-state index >= 15 is 0 Å². The Hall–Kier alpha value is -3.41. The number of aryl methyl sites for hydroxylation is 1. The molecular formula is C22H19NO5. The second-order valence-corrected chi connectivity index (χ2v) is 6.83. The summed E-state index contributed by atoms with van der Waals surface area (Å²) < 4.78 is 11.0. The highest BCUT2D eigenvalue weighted by Crippen LogP contribution is 2.29. The van der Waals surface area contributed by atoms with E-state index in [9.17, 15) is 14.4 Å². The van der Waals surface area contributed by atoms with E-state index < -0.39 is 0 Å². The van der Waals surface area contributed by atoms with E-state index in [1.807, 2.05) is 6.07 Å². The second kappa shape index (κ2) is 7.31. The molecule has 1 aliphatic rings. The Bertz CT molecular complexity index is 1130. The number of ketones is 1. The van der Waals surface area contributed by atoms with Crippen molar-refractivity contribution in [3.05, 3.63) is 69.6 Å². The molecule has 0 radical (unpaired) electrons. The molecule has 0 fully saturated rings. The summed E-state index contributed by atoms with van der Waals surface area (Å²) >= 11 is 0. The average Bonchev–Trinajstić information content (AvgIpc) is 3.17. The van der Waals surface area contributed by atoms with Crippen molar-refractivity contribution in [3.8, 4) is 5.75 Å². The number of amides is 1. The Balaban J connectivity index is 1.43. The van der Waals surface area contributed by atoms with Gasteiger partial charge in [0, 0.05) is 28.3 Å². The number of rotatable bonds is 5. The molecule has 6 nitrogen and oxygen atoms in total. The van der Waals surface area contributed by atoms with Gasteiger partial charge in [0.15, 0.2) is 12.4 Å². The van der Waals surface area contributed by atoms with E-state index in [0.717, 1.165) is 35.8 Å². The summed E-state index contributed by atoms with van der Waals surface area (Å²) in [5.41, 5.74) is 3.19. The highest BCUT2D eigenvalue weighted by atomic mass is 16.5. The number of carbonyl (C=O) groups is 2. The minimum atomic E-state index is -0.328. The third-order valence-corrected chi connectivity index (χ3v) is 4.89. The molecule has 1 aromatic heterocycles. The van der Waals surface area contributed by atoms with Crippen LogP contribution < -0.4 is 15.7 Å². The minimum Gasteiger partial charge on any atom is -0.484 e. The fourth-order valence-electron chi connectivity index (χ4n) is 3.49. The van der Waals surface area contributed by atoms with Crippen LogP contribution >= 0.6 is 0 Å². The van der Waals surface area contributed by atoms with Crippen LogP contribution in [0.5, 0.6) is 5.75 Å². The van der Waals surface area contributed by atoms with Gasteiger partial charge in [-0.2, -0.15) is 0 Å². The highest BCUT2D eigenvalue weighted by Gasteiger charge is 2.19. The number of hydrogen-bond acceptors (Lipinski definition) is 5. The van der Waals surface area contributed by atoms with Crippen LogP contribution in [0.4, 0.5) is 5.69 Å². The fraction of sp³-hybridized carbons (Fsp3) is 0.227. The van der Waals surface area contributed by atoms with Crippen LogP contribution in [0.1, 0.15) is 34.8 Å². The predicted molar refractivity (Wildman–Crippen MR) is 105 cm³/mol. The molecule has 1 N–H and O–H groups in total. The third kappa shape index (κ3) is 3.53. The molecule has 0 saturated carbocycles. The van der Waals surface area contributed by atoms with Crippen LogP contribution in [0.2, 0.25) is 0 Å². The predicted octanol–water partition coefficient (Wildman–Crippen LogP) is 3.50. The maximum Gasteiger partial charge on any atom is 0.339 e. The number of hydrogen-bond donors (Lipinski definition) is 1. The Morgan fingerprint density at radius 2 is 1.82 bits per heavy atom. The first-order valence-electron chi connectivity index (χ1n) is 9.13. The summed E-state index contributed by atoms with van der Waals surface area (Å²) in [5, 5.41) is 3.64. The number of fused-ring (bicyclic) bond motifs is 3. The lowest BCUT2D eigenvalue weighted by Gasteiger charge is -2.09. The van der Waals surface area contributed by atoms with Crippen molar-refractivity contribution < 1.29 is 18.7 Å². The monoisotopic (exact) mass is 377 g/mol. The first kappa shape index (κ1) is 18.0. The quantitative estimate of drug-likeness (QED) is 0.543. The standard InChI is InChI=1S/C22H19NO5/c1-13(24)14-5-7-15(8-6-14)23-21(25)12-27-16-9-10-18-17-3-2-4-19(17)22(26)28-20(18)11-16/h5-11H,2-4,12H2,1H3,(H,23,25). The van der Waals surface area contributed by atoms with Crippen LogP contribution in [0.3, 0.4) is 0 Å².